The van der Waals surface area contributed by atoms with Crippen molar-refractivity contribution in [3.05, 3.63) is 23.8 Å². The van der Waals surface area contributed by atoms with Gasteiger partial charge in [-0.2, -0.15) is 0 Å². The molecule has 2 heteroatoms. The van der Waals surface area contributed by atoms with E-state index in [-0.39, 0.29) is 10.8 Å². The summed E-state index contributed by atoms with van der Waals surface area (Å²) in [5.41, 5.74) is 2.78. The van der Waals surface area contributed by atoms with Crippen molar-refractivity contribution in [1.82, 2.24) is 0 Å². The standard InChI is InChI=1S/C22H30O2/c1-14(13-23)18-6-7-19-17-5-4-15-12-16(24)8-10-21(15,2)20(17)9-11-22(18,19)3/h12-13,17-20H,1,4-11H2,2-3H3/t17-,18+,19-,20-,21-,22+/m0/s1. The van der Waals surface area contributed by atoms with Crippen molar-refractivity contribution in [3.8, 4) is 0 Å². The van der Waals surface area contributed by atoms with Gasteiger partial charge in [-0.3, -0.25) is 9.59 Å². The number of carbonyl (C=O) groups is 2. The van der Waals surface area contributed by atoms with Crippen LogP contribution in [-0.2, 0) is 9.59 Å². The Kier molecular flexibility index (Phi) is 3.67. The van der Waals surface area contributed by atoms with Crippen LogP contribution in [-0.4, -0.2) is 12.1 Å². The number of aldehydes is 1. The van der Waals surface area contributed by atoms with Crippen LogP contribution >= 0.6 is 0 Å². The summed E-state index contributed by atoms with van der Waals surface area (Å²) in [6.07, 6.45) is 12.0. The van der Waals surface area contributed by atoms with Crippen LogP contribution in [0.25, 0.3) is 0 Å². The van der Waals surface area contributed by atoms with E-state index in [1.165, 1.54) is 31.3 Å². The lowest BCUT2D eigenvalue weighted by molar-refractivity contribution is -0.117. The third-order valence-corrected chi connectivity index (χ3v) is 8.56. The Morgan fingerprint density at radius 2 is 1.92 bits per heavy atom. The van der Waals surface area contributed by atoms with Gasteiger partial charge in [0.15, 0.2) is 5.78 Å². The van der Waals surface area contributed by atoms with E-state index in [0.29, 0.717) is 11.7 Å². The van der Waals surface area contributed by atoms with E-state index < -0.39 is 0 Å². The first-order chi connectivity index (χ1) is 11.4. The van der Waals surface area contributed by atoms with E-state index in [2.05, 4.69) is 20.4 Å². The zero-order chi connectivity index (χ0) is 17.1. The Hall–Kier alpha value is -1.18. The average molecular weight is 326 g/mol. The maximum atomic E-state index is 11.9. The molecule has 2 nitrogen and oxygen atoms in total. The highest BCUT2D eigenvalue weighted by molar-refractivity contribution is 5.91. The van der Waals surface area contributed by atoms with Gasteiger partial charge in [0.05, 0.1) is 0 Å². The molecule has 4 aliphatic carbocycles. The van der Waals surface area contributed by atoms with Gasteiger partial charge in [-0.15, -0.1) is 0 Å². The van der Waals surface area contributed by atoms with Crippen molar-refractivity contribution in [2.24, 2.45) is 34.5 Å². The van der Waals surface area contributed by atoms with Gasteiger partial charge in [0.2, 0.25) is 0 Å². The van der Waals surface area contributed by atoms with Crippen molar-refractivity contribution < 1.29 is 9.59 Å². The molecule has 0 amide bonds. The molecule has 3 fully saturated rings. The first kappa shape index (κ1) is 16.3. The minimum atomic E-state index is 0.248. The molecule has 3 saturated carbocycles. The first-order valence-corrected chi connectivity index (χ1v) is 9.78. The Labute approximate surface area is 145 Å². The molecule has 0 saturated heterocycles. The molecule has 130 valence electrons. The average Bonchev–Trinajstić information content (AvgIpc) is 2.92. The van der Waals surface area contributed by atoms with Gasteiger partial charge in [-0.1, -0.05) is 26.0 Å². The summed E-state index contributed by atoms with van der Waals surface area (Å²) in [5, 5.41) is 0. The van der Waals surface area contributed by atoms with Crippen molar-refractivity contribution in [2.45, 2.75) is 65.2 Å². The van der Waals surface area contributed by atoms with E-state index in [4.69, 9.17) is 0 Å². The van der Waals surface area contributed by atoms with Crippen LogP contribution in [0.3, 0.4) is 0 Å². The summed E-state index contributed by atoms with van der Waals surface area (Å²) < 4.78 is 0. The van der Waals surface area contributed by atoms with Gasteiger partial charge in [0.1, 0.15) is 6.29 Å². The molecule has 0 radical (unpaired) electrons. The lowest BCUT2D eigenvalue weighted by atomic mass is 9.46. The van der Waals surface area contributed by atoms with Crippen LogP contribution in [0.5, 0.6) is 0 Å². The SMILES string of the molecule is C=C(C=O)[C@H]1CC[C@H]2[C@@H]3CCC4=CC(=O)CC[C@]4(C)[C@H]3CC[C@]12C. The van der Waals surface area contributed by atoms with Crippen molar-refractivity contribution >= 4 is 12.1 Å². The molecule has 0 aromatic carbocycles. The highest BCUT2D eigenvalue weighted by atomic mass is 16.1. The number of hydrogen-bond acceptors (Lipinski definition) is 2. The summed E-state index contributed by atoms with van der Waals surface area (Å²) in [4.78, 5) is 23.2. The minimum Gasteiger partial charge on any atom is -0.298 e. The molecular formula is C22H30O2. The molecule has 0 spiro atoms. The highest BCUT2D eigenvalue weighted by Crippen LogP contribution is 2.67. The zero-order valence-electron chi connectivity index (χ0n) is 15.1. The lowest BCUT2D eigenvalue weighted by Crippen LogP contribution is -2.50. The van der Waals surface area contributed by atoms with Gasteiger partial charge in [-0.05, 0) is 91.1 Å². The summed E-state index contributed by atoms with van der Waals surface area (Å²) in [6, 6.07) is 0. The number of ketones is 1. The molecule has 0 aromatic heterocycles. The molecule has 4 rings (SSSR count). The Bertz CT molecular complexity index is 630. The van der Waals surface area contributed by atoms with E-state index in [1.54, 1.807) is 0 Å². The fourth-order valence-corrected chi connectivity index (χ4v) is 7.25. The monoisotopic (exact) mass is 326 g/mol. The largest absolute Gasteiger partial charge is 0.298 e. The third-order valence-electron chi connectivity index (χ3n) is 8.56. The molecule has 0 aromatic rings. The molecule has 6 atom stereocenters. The predicted molar refractivity (Wildman–Crippen MR) is 95.4 cm³/mol. The normalized spacial score (nSPS) is 47.2. The fraction of sp³-hybridized carbons (Fsp3) is 0.727. The molecular weight excluding hydrogens is 296 g/mol. The Morgan fingerprint density at radius 3 is 2.67 bits per heavy atom. The molecule has 0 N–H and O–H groups in total. The number of rotatable bonds is 2. The van der Waals surface area contributed by atoms with Crippen LogP contribution in [0, 0.1) is 34.5 Å². The van der Waals surface area contributed by atoms with E-state index in [0.717, 1.165) is 55.3 Å². The van der Waals surface area contributed by atoms with E-state index >= 15 is 0 Å². The van der Waals surface area contributed by atoms with Gasteiger partial charge in [0, 0.05) is 6.42 Å². The van der Waals surface area contributed by atoms with E-state index in [9.17, 15) is 9.59 Å². The Morgan fingerprint density at radius 1 is 1.12 bits per heavy atom. The molecule has 24 heavy (non-hydrogen) atoms. The summed E-state index contributed by atoms with van der Waals surface area (Å²) >= 11 is 0. The zero-order valence-corrected chi connectivity index (χ0v) is 15.1. The van der Waals surface area contributed by atoms with Crippen molar-refractivity contribution in [2.75, 3.05) is 0 Å². The second-order valence-electron chi connectivity index (χ2n) is 9.34. The highest BCUT2D eigenvalue weighted by Gasteiger charge is 2.59. The van der Waals surface area contributed by atoms with Crippen LogP contribution in [0.2, 0.25) is 0 Å². The lowest BCUT2D eigenvalue weighted by Gasteiger charge is -2.58. The molecule has 0 unspecified atom stereocenters. The molecule has 4 aliphatic rings. The number of allylic oxidation sites excluding steroid dienone is 2. The summed E-state index contributed by atoms with van der Waals surface area (Å²) in [6.45, 7) is 8.93. The summed E-state index contributed by atoms with van der Waals surface area (Å²) in [5.74, 6) is 2.95. The Balaban J connectivity index is 1.66. The first-order valence-electron chi connectivity index (χ1n) is 9.78. The van der Waals surface area contributed by atoms with Gasteiger partial charge < -0.3 is 0 Å². The van der Waals surface area contributed by atoms with Gasteiger partial charge in [-0.25, -0.2) is 0 Å². The topological polar surface area (TPSA) is 34.1 Å². The maximum absolute atomic E-state index is 11.9. The number of hydrogen-bond donors (Lipinski definition) is 0. The molecule has 0 bridgehead atoms. The quantitative estimate of drug-likeness (QED) is 0.535. The second-order valence-corrected chi connectivity index (χ2v) is 9.34. The maximum Gasteiger partial charge on any atom is 0.155 e. The fourth-order valence-electron chi connectivity index (χ4n) is 7.25. The van der Waals surface area contributed by atoms with Crippen molar-refractivity contribution in [3.63, 3.8) is 0 Å². The van der Waals surface area contributed by atoms with Crippen LogP contribution < -0.4 is 0 Å². The van der Waals surface area contributed by atoms with Crippen LogP contribution in [0.4, 0.5) is 0 Å². The predicted octanol–water partition coefficient (Wildman–Crippen LogP) is 4.89. The van der Waals surface area contributed by atoms with E-state index in [1.807, 2.05) is 6.08 Å². The smallest absolute Gasteiger partial charge is 0.155 e. The third kappa shape index (κ3) is 2.07. The van der Waals surface area contributed by atoms with Crippen LogP contribution in [0.1, 0.15) is 65.2 Å². The van der Waals surface area contributed by atoms with Crippen LogP contribution in [0.15, 0.2) is 23.8 Å². The minimum absolute atomic E-state index is 0.248. The second kappa shape index (κ2) is 5.41. The van der Waals surface area contributed by atoms with Gasteiger partial charge in [0.25, 0.3) is 0 Å². The number of carbonyl (C=O) groups excluding carboxylic acids is 2. The summed E-state index contributed by atoms with van der Waals surface area (Å²) in [7, 11) is 0. The molecule has 0 aliphatic heterocycles. The van der Waals surface area contributed by atoms with Crippen molar-refractivity contribution in [1.29, 1.82) is 0 Å². The number of fused-ring (bicyclic) bond motifs is 5. The van der Waals surface area contributed by atoms with Gasteiger partial charge >= 0.3 is 0 Å². The molecule has 0 heterocycles.